The van der Waals surface area contributed by atoms with Crippen LogP contribution in [0, 0.1) is 0 Å². The Morgan fingerprint density at radius 2 is 2.38 bits per heavy atom. The number of β-amino-alcohol motifs (C(OH)–C–C–N with tert-alkyl or cyclic N) is 1. The van der Waals surface area contributed by atoms with Gasteiger partial charge >= 0.3 is 0 Å². The predicted molar refractivity (Wildman–Crippen MR) is 64.5 cm³/mol. The number of carbonyl (C=O) groups excluding carboxylic acids is 1. The number of carbonyl (C=O) groups is 1. The van der Waals surface area contributed by atoms with E-state index >= 15 is 0 Å². The van der Waals surface area contributed by atoms with E-state index in [1.54, 1.807) is 16.2 Å². The molecule has 1 aliphatic heterocycles. The van der Waals surface area contributed by atoms with E-state index in [-0.39, 0.29) is 17.7 Å². The second-order valence-corrected chi connectivity index (χ2v) is 5.94. The molecule has 88 valence electrons. The molecule has 1 aliphatic rings. The zero-order valence-electron chi connectivity index (χ0n) is 9.64. The van der Waals surface area contributed by atoms with Gasteiger partial charge in [-0.2, -0.15) is 0 Å². The smallest absolute Gasteiger partial charge is 0.225 e. The van der Waals surface area contributed by atoms with Crippen LogP contribution in [0.4, 0.5) is 0 Å². The van der Waals surface area contributed by atoms with Gasteiger partial charge in [-0.3, -0.25) is 4.79 Å². The number of nitrogens with zero attached hydrogens (tertiary/aromatic N) is 1. The Labute approximate surface area is 99.7 Å². The number of aliphatic hydroxyl groups excluding tert-OH is 1. The van der Waals surface area contributed by atoms with Crippen molar-refractivity contribution in [3.05, 3.63) is 22.4 Å². The van der Waals surface area contributed by atoms with Crippen molar-refractivity contribution in [1.82, 2.24) is 4.90 Å². The highest BCUT2D eigenvalue weighted by Gasteiger charge is 2.33. The van der Waals surface area contributed by atoms with Gasteiger partial charge in [-0.15, -0.1) is 11.3 Å². The van der Waals surface area contributed by atoms with Gasteiger partial charge in [0.2, 0.25) is 5.91 Å². The predicted octanol–water partition coefficient (Wildman–Crippen LogP) is 1.62. The first-order valence-electron chi connectivity index (χ1n) is 5.49. The molecule has 1 atom stereocenters. The summed E-state index contributed by atoms with van der Waals surface area (Å²) in [5.74, 6) is 0.0668. The standard InChI is InChI=1S/C12H17NO2S/c1-12(2,10-4-3-5-16-10)8-13-7-9(14)6-11(13)15/h3-5,9,14H,6-8H2,1-2H3. The van der Waals surface area contributed by atoms with E-state index in [0.29, 0.717) is 13.1 Å². The Kier molecular flexibility index (Phi) is 3.04. The van der Waals surface area contributed by atoms with Crippen LogP contribution in [0.15, 0.2) is 17.5 Å². The first kappa shape index (κ1) is 11.6. The molecule has 1 aromatic heterocycles. The third-order valence-electron chi connectivity index (χ3n) is 2.97. The van der Waals surface area contributed by atoms with Crippen molar-refractivity contribution in [2.45, 2.75) is 31.8 Å². The normalized spacial score (nSPS) is 21.8. The quantitative estimate of drug-likeness (QED) is 0.870. The van der Waals surface area contributed by atoms with Crippen molar-refractivity contribution in [1.29, 1.82) is 0 Å². The number of hydrogen-bond donors (Lipinski definition) is 1. The van der Waals surface area contributed by atoms with Gasteiger partial charge in [0.05, 0.1) is 12.5 Å². The summed E-state index contributed by atoms with van der Waals surface area (Å²) in [5, 5.41) is 11.5. The number of likely N-dealkylation sites (tertiary alicyclic amines) is 1. The molecule has 0 aromatic carbocycles. The summed E-state index contributed by atoms with van der Waals surface area (Å²) >= 11 is 1.71. The number of amides is 1. The lowest BCUT2D eigenvalue weighted by Crippen LogP contribution is -2.37. The highest BCUT2D eigenvalue weighted by molar-refractivity contribution is 7.10. The zero-order valence-corrected chi connectivity index (χ0v) is 10.5. The van der Waals surface area contributed by atoms with Gasteiger partial charge < -0.3 is 10.0 Å². The molecule has 1 aromatic rings. The number of aliphatic hydroxyl groups is 1. The molecular weight excluding hydrogens is 222 g/mol. The Morgan fingerprint density at radius 1 is 1.62 bits per heavy atom. The van der Waals surface area contributed by atoms with Gasteiger partial charge in [0.1, 0.15) is 0 Å². The average molecular weight is 239 g/mol. The molecule has 0 radical (unpaired) electrons. The van der Waals surface area contributed by atoms with Gasteiger partial charge in [0.25, 0.3) is 0 Å². The molecule has 2 heterocycles. The molecule has 1 saturated heterocycles. The summed E-state index contributed by atoms with van der Waals surface area (Å²) in [5.41, 5.74) is -0.0338. The molecule has 1 fully saturated rings. The second kappa shape index (κ2) is 4.18. The Bertz CT molecular complexity index is 372. The molecule has 0 bridgehead atoms. The third kappa shape index (κ3) is 2.28. The Hall–Kier alpha value is -0.870. The van der Waals surface area contributed by atoms with Crippen LogP contribution in [0.25, 0.3) is 0 Å². The lowest BCUT2D eigenvalue weighted by atomic mass is 9.91. The summed E-state index contributed by atoms with van der Waals surface area (Å²) in [7, 11) is 0. The van der Waals surface area contributed by atoms with E-state index in [9.17, 15) is 9.90 Å². The summed E-state index contributed by atoms with van der Waals surface area (Å²) in [6.45, 7) is 5.44. The molecule has 2 rings (SSSR count). The van der Waals surface area contributed by atoms with Crippen molar-refractivity contribution < 1.29 is 9.90 Å². The van der Waals surface area contributed by atoms with Crippen molar-refractivity contribution >= 4 is 17.2 Å². The van der Waals surface area contributed by atoms with E-state index in [2.05, 4.69) is 25.3 Å². The van der Waals surface area contributed by atoms with Gasteiger partial charge in [0, 0.05) is 23.4 Å². The molecule has 3 nitrogen and oxygen atoms in total. The van der Waals surface area contributed by atoms with Gasteiger partial charge in [-0.05, 0) is 11.4 Å². The molecule has 0 spiro atoms. The molecule has 1 N–H and O–H groups in total. The van der Waals surface area contributed by atoms with Crippen LogP contribution in [0.3, 0.4) is 0 Å². The maximum atomic E-state index is 11.6. The van der Waals surface area contributed by atoms with Gasteiger partial charge in [-0.1, -0.05) is 19.9 Å². The van der Waals surface area contributed by atoms with Gasteiger partial charge in [-0.25, -0.2) is 0 Å². The lowest BCUT2D eigenvalue weighted by Gasteiger charge is -2.29. The summed E-state index contributed by atoms with van der Waals surface area (Å²) in [4.78, 5) is 14.6. The van der Waals surface area contributed by atoms with Crippen molar-refractivity contribution in [3.8, 4) is 0 Å². The Morgan fingerprint density at radius 3 is 2.88 bits per heavy atom. The first-order chi connectivity index (χ1) is 7.49. The molecular formula is C12H17NO2S. The fraction of sp³-hybridized carbons (Fsp3) is 0.583. The molecule has 4 heteroatoms. The highest BCUT2D eigenvalue weighted by atomic mass is 32.1. The maximum Gasteiger partial charge on any atom is 0.225 e. The number of thiophene rings is 1. The molecule has 0 aliphatic carbocycles. The fourth-order valence-corrected chi connectivity index (χ4v) is 2.97. The molecule has 1 amide bonds. The SMILES string of the molecule is CC(C)(CN1CC(O)CC1=O)c1cccs1. The topological polar surface area (TPSA) is 40.5 Å². The summed E-state index contributed by atoms with van der Waals surface area (Å²) in [6, 6.07) is 4.13. The van der Waals surface area contributed by atoms with Crippen molar-refractivity contribution in [2.75, 3.05) is 13.1 Å². The lowest BCUT2D eigenvalue weighted by molar-refractivity contribution is -0.128. The largest absolute Gasteiger partial charge is 0.391 e. The van der Waals surface area contributed by atoms with Crippen molar-refractivity contribution in [2.24, 2.45) is 0 Å². The Balaban J connectivity index is 2.07. The van der Waals surface area contributed by atoms with Crippen LogP contribution in [0.1, 0.15) is 25.1 Å². The van der Waals surface area contributed by atoms with E-state index in [4.69, 9.17) is 0 Å². The molecule has 16 heavy (non-hydrogen) atoms. The summed E-state index contributed by atoms with van der Waals surface area (Å²) < 4.78 is 0. The molecule has 0 saturated carbocycles. The highest BCUT2D eigenvalue weighted by Crippen LogP contribution is 2.29. The van der Waals surface area contributed by atoms with Crippen LogP contribution in [-0.4, -0.2) is 35.1 Å². The maximum absolute atomic E-state index is 11.6. The minimum atomic E-state index is -0.480. The van der Waals surface area contributed by atoms with Gasteiger partial charge in [0.15, 0.2) is 0 Å². The minimum Gasteiger partial charge on any atom is -0.391 e. The second-order valence-electron chi connectivity index (χ2n) is 4.99. The van der Waals surface area contributed by atoms with Crippen LogP contribution in [-0.2, 0) is 10.2 Å². The van der Waals surface area contributed by atoms with E-state index in [0.717, 1.165) is 0 Å². The van der Waals surface area contributed by atoms with Crippen LogP contribution in [0.5, 0.6) is 0 Å². The van der Waals surface area contributed by atoms with Crippen LogP contribution < -0.4 is 0 Å². The molecule has 1 unspecified atom stereocenters. The fourth-order valence-electron chi connectivity index (χ4n) is 2.12. The number of rotatable bonds is 3. The minimum absolute atomic E-state index is 0.0338. The van der Waals surface area contributed by atoms with Crippen LogP contribution in [0.2, 0.25) is 0 Å². The summed E-state index contributed by atoms with van der Waals surface area (Å²) in [6.07, 6.45) is -0.202. The zero-order chi connectivity index (χ0) is 11.8. The number of hydrogen-bond acceptors (Lipinski definition) is 3. The average Bonchev–Trinajstić information content (AvgIpc) is 2.76. The van der Waals surface area contributed by atoms with Crippen LogP contribution >= 0.6 is 11.3 Å². The van der Waals surface area contributed by atoms with E-state index in [1.807, 2.05) is 6.07 Å². The first-order valence-corrected chi connectivity index (χ1v) is 6.37. The van der Waals surface area contributed by atoms with Crippen molar-refractivity contribution in [3.63, 3.8) is 0 Å². The monoisotopic (exact) mass is 239 g/mol. The van der Waals surface area contributed by atoms with E-state index in [1.165, 1.54) is 4.88 Å². The van der Waals surface area contributed by atoms with E-state index < -0.39 is 6.10 Å². The third-order valence-corrected chi connectivity index (χ3v) is 4.20.